The average molecular weight is 860 g/mol. The molecule has 0 atom stereocenters. The Morgan fingerprint density at radius 1 is 0.318 bits per heavy atom. The lowest BCUT2D eigenvalue weighted by Crippen LogP contribution is -2.40. The molecular weight excluding hydrogens is 815 g/mol. The van der Waals surface area contributed by atoms with E-state index < -0.39 is 5.41 Å². The Kier molecular flexibility index (Phi) is 8.72. The molecule has 0 N–H and O–H groups in total. The van der Waals surface area contributed by atoms with Gasteiger partial charge in [-0.15, -0.1) is 11.3 Å². The Morgan fingerprint density at radius 3 is 1.42 bits per heavy atom. The molecule has 0 bridgehead atoms. The number of hydrogen-bond donors (Lipinski definition) is 0. The van der Waals surface area contributed by atoms with Gasteiger partial charge in [0, 0.05) is 42.6 Å². The highest BCUT2D eigenvalue weighted by atomic mass is 32.1. The van der Waals surface area contributed by atoms with Crippen LogP contribution in [0.4, 0.5) is 17.1 Å². The Morgan fingerprint density at radius 2 is 0.773 bits per heavy atom. The number of fused-ring (bicyclic) bond motifs is 12. The van der Waals surface area contributed by atoms with Gasteiger partial charge in [-0.05, 0) is 126 Å². The van der Waals surface area contributed by atoms with E-state index in [1.54, 1.807) is 0 Å². The highest BCUT2D eigenvalue weighted by Crippen LogP contribution is 2.62. The summed E-state index contributed by atoms with van der Waals surface area (Å²) in [6.07, 6.45) is 0. The van der Waals surface area contributed by atoms with Gasteiger partial charge in [-0.1, -0.05) is 202 Å². The van der Waals surface area contributed by atoms with Crippen LogP contribution in [-0.4, -0.2) is 0 Å². The third kappa shape index (κ3) is 5.71. The third-order valence-electron chi connectivity index (χ3n) is 14.6. The zero-order valence-electron chi connectivity index (χ0n) is 36.9. The molecule has 1 nitrogen and oxygen atoms in total. The molecule has 0 saturated heterocycles. The zero-order chi connectivity index (χ0) is 44.0. The smallest absolute Gasteiger partial charge is 0.0719 e. The lowest BCUT2D eigenvalue weighted by atomic mass is 9.55. The van der Waals surface area contributed by atoms with Crippen LogP contribution in [0.3, 0.4) is 0 Å². The van der Waals surface area contributed by atoms with Gasteiger partial charge in [0.1, 0.15) is 0 Å². The van der Waals surface area contributed by atoms with Crippen LogP contribution in [0, 0.1) is 0 Å². The van der Waals surface area contributed by atoms with Crippen LogP contribution >= 0.6 is 11.3 Å². The van der Waals surface area contributed by atoms with E-state index in [9.17, 15) is 0 Å². The van der Waals surface area contributed by atoms with Gasteiger partial charge in [-0.2, -0.15) is 0 Å². The Bertz CT molecular complexity index is 3600. The van der Waals surface area contributed by atoms with Crippen LogP contribution in [0.2, 0.25) is 0 Å². The molecule has 0 saturated carbocycles. The highest BCUT2D eigenvalue weighted by molar-refractivity contribution is 7.26. The van der Waals surface area contributed by atoms with Gasteiger partial charge in [0.05, 0.1) is 5.41 Å². The summed E-state index contributed by atoms with van der Waals surface area (Å²) in [4.78, 5) is 2.38. The normalized spacial score (nSPS) is 13.8. The fraction of sp³-hybridized carbons (Fsp3) is 0.0625. The van der Waals surface area contributed by atoms with Crippen molar-refractivity contribution in [1.29, 1.82) is 0 Å². The molecule has 0 aliphatic heterocycles. The van der Waals surface area contributed by atoms with E-state index in [0.29, 0.717) is 0 Å². The van der Waals surface area contributed by atoms with E-state index >= 15 is 0 Å². The molecule has 2 aliphatic carbocycles. The minimum Gasteiger partial charge on any atom is -0.311 e. The van der Waals surface area contributed by atoms with Crippen molar-refractivity contribution in [3.8, 4) is 44.5 Å². The first kappa shape index (κ1) is 38.7. The lowest BCUT2D eigenvalue weighted by molar-refractivity contribution is 0.563. The maximum Gasteiger partial charge on any atom is 0.0719 e. The average Bonchev–Trinajstić information content (AvgIpc) is 3.91. The molecule has 0 fully saturated rings. The van der Waals surface area contributed by atoms with Gasteiger partial charge < -0.3 is 4.90 Å². The van der Waals surface area contributed by atoms with Crippen molar-refractivity contribution in [3.05, 3.63) is 270 Å². The van der Waals surface area contributed by atoms with Crippen LogP contribution in [-0.2, 0) is 10.8 Å². The number of hydrogen-bond acceptors (Lipinski definition) is 2. The lowest BCUT2D eigenvalue weighted by Gasteiger charge is -2.46. The zero-order valence-corrected chi connectivity index (χ0v) is 37.7. The molecule has 11 aromatic rings. The van der Waals surface area contributed by atoms with E-state index in [1.807, 2.05) is 11.3 Å². The molecule has 2 heteroatoms. The molecule has 0 amide bonds. The quantitative estimate of drug-likeness (QED) is 0.161. The van der Waals surface area contributed by atoms with E-state index in [2.05, 4.69) is 255 Å². The SMILES string of the molecule is CC1(C)c2ccccc2C2(c3ccccc3-c3cc(-c4ccc(N(c5ccc(-c6ccccc6)cc5)c5ccc(-c6cccc7c6sc6ccccc67)cc5)cc4)ccc32)c2ccccc21. The minimum atomic E-state index is -0.395. The summed E-state index contributed by atoms with van der Waals surface area (Å²) in [6, 6.07) is 88.0. The molecular formula is C64H45NS. The fourth-order valence-corrected chi connectivity index (χ4v) is 12.7. The van der Waals surface area contributed by atoms with Crippen molar-refractivity contribution in [1.82, 2.24) is 0 Å². The van der Waals surface area contributed by atoms with Crippen molar-refractivity contribution in [2.75, 3.05) is 4.90 Å². The second kappa shape index (κ2) is 14.9. The number of rotatable bonds is 6. The second-order valence-electron chi connectivity index (χ2n) is 18.4. The van der Waals surface area contributed by atoms with Crippen molar-refractivity contribution in [2.24, 2.45) is 0 Å². The Labute approximate surface area is 390 Å². The van der Waals surface area contributed by atoms with Crippen LogP contribution in [0.25, 0.3) is 64.7 Å². The van der Waals surface area contributed by atoms with Crippen LogP contribution in [0.15, 0.2) is 237 Å². The van der Waals surface area contributed by atoms with E-state index in [4.69, 9.17) is 0 Å². The topological polar surface area (TPSA) is 3.24 Å². The van der Waals surface area contributed by atoms with Crippen molar-refractivity contribution in [3.63, 3.8) is 0 Å². The van der Waals surface area contributed by atoms with Gasteiger partial charge in [0.2, 0.25) is 0 Å². The molecule has 312 valence electrons. The molecule has 1 aromatic heterocycles. The number of anilines is 3. The van der Waals surface area contributed by atoms with Crippen LogP contribution in [0.1, 0.15) is 47.2 Å². The molecule has 1 heterocycles. The summed E-state index contributed by atoms with van der Waals surface area (Å²) in [7, 11) is 0. The third-order valence-corrected chi connectivity index (χ3v) is 15.8. The molecule has 66 heavy (non-hydrogen) atoms. The van der Waals surface area contributed by atoms with Crippen molar-refractivity contribution in [2.45, 2.75) is 24.7 Å². The van der Waals surface area contributed by atoms with Crippen LogP contribution in [0.5, 0.6) is 0 Å². The number of benzene rings is 10. The van der Waals surface area contributed by atoms with Crippen LogP contribution < -0.4 is 4.90 Å². The summed E-state index contributed by atoms with van der Waals surface area (Å²) in [5.74, 6) is 0. The van der Waals surface area contributed by atoms with Gasteiger partial charge >= 0.3 is 0 Å². The predicted molar refractivity (Wildman–Crippen MR) is 280 cm³/mol. The summed E-state index contributed by atoms with van der Waals surface area (Å²) < 4.78 is 2.65. The van der Waals surface area contributed by atoms with Crippen molar-refractivity contribution >= 4 is 48.6 Å². The molecule has 10 aromatic carbocycles. The molecule has 2 aliphatic rings. The first-order chi connectivity index (χ1) is 32.5. The van der Waals surface area contributed by atoms with Gasteiger partial charge in [0.25, 0.3) is 0 Å². The minimum absolute atomic E-state index is 0.119. The first-order valence-corrected chi connectivity index (χ1v) is 23.8. The Balaban J connectivity index is 0.904. The fourth-order valence-electron chi connectivity index (χ4n) is 11.5. The Hall–Kier alpha value is -7.78. The van der Waals surface area contributed by atoms with E-state index in [-0.39, 0.29) is 5.41 Å². The summed E-state index contributed by atoms with van der Waals surface area (Å²) >= 11 is 1.88. The largest absolute Gasteiger partial charge is 0.311 e. The standard InChI is InChI=1S/C64H45NS/c1-63(2)57-22-9-11-24-59(57)64(60-25-12-10-23-58(60)63)55-21-8-6-17-51(55)54-41-46(33-40-56(54)64)44-29-36-48(37-30-44)65(47-34-27-43(28-35-47)42-15-4-3-5-16-42)49-38-31-45(32-39-49)50-19-14-20-53-52-18-7-13-26-61(52)66-62(50)53/h3-41H,1-2H3. The van der Waals surface area contributed by atoms with E-state index in [0.717, 1.165) is 17.1 Å². The predicted octanol–water partition coefficient (Wildman–Crippen LogP) is 17.5. The van der Waals surface area contributed by atoms with E-state index in [1.165, 1.54) is 98.1 Å². The maximum atomic E-state index is 2.44. The van der Waals surface area contributed by atoms with Gasteiger partial charge in [-0.25, -0.2) is 0 Å². The molecule has 0 radical (unpaired) electrons. The van der Waals surface area contributed by atoms with Crippen molar-refractivity contribution < 1.29 is 0 Å². The highest BCUT2D eigenvalue weighted by Gasteiger charge is 2.53. The molecule has 0 unspecified atom stereocenters. The summed E-state index contributed by atoms with van der Waals surface area (Å²) in [5.41, 5.74) is 21.0. The molecule has 1 spiro atoms. The maximum absolute atomic E-state index is 2.44. The number of thiophene rings is 1. The monoisotopic (exact) mass is 859 g/mol. The molecule has 13 rings (SSSR count). The second-order valence-corrected chi connectivity index (χ2v) is 19.4. The number of nitrogens with zero attached hydrogens (tertiary/aromatic N) is 1. The summed E-state index contributed by atoms with van der Waals surface area (Å²) in [5, 5.41) is 2.64. The van der Waals surface area contributed by atoms with Gasteiger partial charge in [-0.3, -0.25) is 0 Å². The summed E-state index contributed by atoms with van der Waals surface area (Å²) in [6.45, 7) is 4.77. The first-order valence-electron chi connectivity index (χ1n) is 23.0. The van der Waals surface area contributed by atoms with Gasteiger partial charge in [0.15, 0.2) is 0 Å².